The van der Waals surface area contributed by atoms with Crippen molar-refractivity contribution in [2.24, 2.45) is 5.73 Å². The highest BCUT2D eigenvalue weighted by Gasteiger charge is 2.33. The van der Waals surface area contributed by atoms with E-state index in [1.165, 1.54) is 31.2 Å². The lowest BCUT2D eigenvalue weighted by Gasteiger charge is -2.42. The number of methoxy groups -OCH3 is 1. The van der Waals surface area contributed by atoms with E-state index in [2.05, 4.69) is 31.0 Å². The lowest BCUT2D eigenvalue weighted by atomic mass is 9.90. The van der Waals surface area contributed by atoms with E-state index in [0.717, 1.165) is 31.2 Å². The smallest absolute Gasteiger partial charge is 0.118 e. The van der Waals surface area contributed by atoms with Crippen LogP contribution in [0, 0.1) is 0 Å². The van der Waals surface area contributed by atoms with Crippen molar-refractivity contribution < 1.29 is 4.74 Å². The molecule has 1 aromatic rings. The van der Waals surface area contributed by atoms with Gasteiger partial charge in [-0.15, -0.1) is 0 Å². The molecule has 1 unspecified atom stereocenters. The summed E-state index contributed by atoms with van der Waals surface area (Å²) in [6.45, 7) is 3.03. The molecule has 2 rings (SSSR count). The summed E-state index contributed by atoms with van der Waals surface area (Å²) in [5, 5.41) is 0. The molecule has 1 aliphatic carbocycles. The molecule has 1 aromatic carbocycles. The fraction of sp³-hybridized carbons (Fsp3) is 0.667. The average molecular weight is 290 g/mol. The molecule has 1 saturated carbocycles. The maximum absolute atomic E-state index is 6.12. The van der Waals surface area contributed by atoms with Crippen LogP contribution >= 0.6 is 0 Å². The van der Waals surface area contributed by atoms with Crippen LogP contribution in [0.25, 0.3) is 0 Å². The SMILES string of the molecule is COc1ccc(CCC(C)(CN)N(C)C2CCCC2)cc1. The molecule has 0 radical (unpaired) electrons. The lowest BCUT2D eigenvalue weighted by molar-refractivity contribution is 0.0866. The number of aryl methyl sites for hydroxylation is 1. The minimum atomic E-state index is 0.0922. The Hall–Kier alpha value is -1.06. The van der Waals surface area contributed by atoms with Crippen molar-refractivity contribution in [1.29, 1.82) is 0 Å². The molecule has 21 heavy (non-hydrogen) atoms. The van der Waals surface area contributed by atoms with Gasteiger partial charge >= 0.3 is 0 Å². The summed E-state index contributed by atoms with van der Waals surface area (Å²) in [5.41, 5.74) is 7.57. The second-order valence-electron chi connectivity index (χ2n) is 6.60. The van der Waals surface area contributed by atoms with Crippen molar-refractivity contribution in [1.82, 2.24) is 4.90 Å². The largest absolute Gasteiger partial charge is 0.497 e. The molecule has 3 nitrogen and oxygen atoms in total. The van der Waals surface area contributed by atoms with Gasteiger partial charge in [-0.25, -0.2) is 0 Å². The highest BCUT2D eigenvalue weighted by Crippen LogP contribution is 2.30. The Morgan fingerprint density at radius 1 is 1.24 bits per heavy atom. The van der Waals surface area contributed by atoms with E-state index >= 15 is 0 Å². The fourth-order valence-corrected chi connectivity index (χ4v) is 3.36. The summed E-state index contributed by atoms with van der Waals surface area (Å²) in [6.07, 6.45) is 7.56. The average Bonchev–Trinajstić information content (AvgIpc) is 3.06. The summed E-state index contributed by atoms with van der Waals surface area (Å²) in [5.74, 6) is 0.920. The first-order valence-corrected chi connectivity index (χ1v) is 8.15. The molecule has 1 fully saturated rings. The molecule has 2 N–H and O–H groups in total. The molecule has 1 aliphatic rings. The zero-order valence-corrected chi connectivity index (χ0v) is 13.8. The van der Waals surface area contributed by atoms with Crippen molar-refractivity contribution in [3.8, 4) is 5.75 Å². The Bertz CT molecular complexity index is 425. The highest BCUT2D eigenvalue weighted by atomic mass is 16.5. The fourth-order valence-electron chi connectivity index (χ4n) is 3.36. The van der Waals surface area contributed by atoms with Crippen LogP contribution in [-0.2, 0) is 6.42 Å². The van der Waals surface area contributed by atoms with Gasteiger partial charge in [0.05, 0.1) is 7.11 Å². The Labute approximate surface area is 129 Å². The zero-order chi connectivity index (χ0) is 15.3. The first kappa shape index (κ1) is 16.3. The molecule has 0 saturated heterocycles. The van der Waals surface area contributed by atoms with Crippen LogP contribution in [0.2, 0.25) is 0 Å². The number of rotatable bonds is 7. The molecule has 0 amide bonds. The summed E-state index contributed by atoms with van der Waals surface area (Å²) in [4.78, 5) is 2.55. The number of benzene rings is 1. The van der Waals surface area contributed by atoms with E-state index in [4.69, 9.17) is 10.5 Å². The van der Waals surface area contributed by atoms with E-state index in [9.17, 15) is 0 Å². The number of hydrogen-bond acceptors (Lipinski definition) is 3. The monoisotopic (exact) mass is 290 g/mol. The summed E-state index contributed by atoms with van der Waals surface area (Å²) >= 11 is 0. The molecule has 3 heteroatoms. The molecular formula is C18H30N2O. The minimum Gasteiger partial charge on any atom is -0.497 e. The van der Waals surface area contributed by atoms with E-state index in [-0.39, 0.29) is 5.54 Å². The Balaban J connectivity index is 1.96. The van der Waals surface area contributed by atoms with Crippen molar-refractivity contribution in [2.45, 2.75) is 57.0 Å². The second-order valence-corrected chi connectivity index (χ2v) is 6.60. The van der Waals surface area contributed by atoms with E-state index in [1.807, 2.05) is 12.1 Å². The molecule has 0 spiro atoms. The first-order valence-electron chi connectivity index (χ1n) is 8.15. The number of nitrogens with zero attached hydrogens (tertiary/aromatic N) is 1. The summed E-state index contributed by atoms with van der Waals surface area (Å²) in [7, 11) is 3.97. The number of nitrogens with two attached hydrogens (primary N) is 1. The quantitative estimate of drug-likeness (QED) is 0.838. The standard InChI is InChI=1S/C18H30N2O/c1-18(14-19,20(2)16-6-4-5-7-16)13-12-15-8-10-17(21-3)11-9-15/h8-11,16H,4-7,12-14,19H2,1-3H3. The summed E-state index contributed by atoms with van der Waals surface area (Å²) in [6, 6.07) is 9.11. The molecule has 0 bridgehead atoms. The van der Waals surface area contributed by atoms with Gasteiger partial charge in [-0.05, 0) is 57.4 Å². The predicted octanol–water partition coefficient (Wildman–Crippen LogP) is 3.22. The predicted molar refractivity (Wildman–Crippen MR) is 88.8 cm³/mol. The molecule has 118 valence electrons. The van der Waals surface area contributed by atoms with Gasteiger partial charge in [0.2, 0.25) is 0 Å². The van der Waals surface area contributed by atoms with Gasteiger partial charge in [-0.1, -0.05) is 25.0 Å². The molecule has 0 aliphatic heterocycles. The third-order valence-electron chi connectivity index (χ3n) is 5.27. The number of likely N-dealkylation sites (N-methyl/N-ethyl adjacent to an activating group) is 1. The van der Waals surface area contributed by atoms with Crippen molar-refractivity contribution >= 4 is 0 Å². The maximum atomic E-state index is 6.12. The maximum Gasteiger partial charge on any atom is 0.118 e. The van der Waals surface area contributed by atoms with Gasteiger partial charge in [0.1, 0.15) is 5.75 Å². The highest BCUT2D eigenvalue weighted by molar-refractivity contribution is 5.27. The van der Waals surface area contributed by atoms with Crippen molar-refractivity contribution in [2.75, 3.05) is 20.7 Å². The molecule has 0 heterocycles. The van der Waals surface area contributed by atoms with Gasteiger partial charge in [0.25, 0.3) is 0 Å². The zero-order valence-electron chi connectivity index (χ0n) is 13.8. The van der Waals surface area contributed by atoms with Gasteiger partial charge in [-0.2, -0.15) is 0 Å². The van der Waals surface area contributed by atoms with E-state index in [1.54, 1.807) is 7.11 Å². The van der Waals surface area contributed by atoms with Crippen LogP contribution in [0.4, 0.5) is 0 Å². The minimum absolute atomic E-state index is 0.0922. The van der Waals surface area contributed by atoms with E-state index in [0.29, 0.717) is 0 Å². The van der Waals surface area contributed by atoms with Gasteiger partial charge < -0.3 is 10.5 Å². The summed E-state index contributed by atoms with van der Waals surface area (Å²) < 4.78 is 5.21. The van der Waals surface area contributed by atoms with E-state index < -0.39 is 0 Å². The lowest BCUT2D eigenvalue weighted by Crippen LogP contribution is -2.53. The van der Waals surface area contributed by atoms with Crippen LogP contribution in [-0.4, -0.2) is 37.2 Å². The molecular weight excluding hydrogens is 260 g/mol. The van der Waals surface area contributed by atoms with Crippen LogP contribution in [0.3, 0.4) is 0 Å². The van der Waals surface area contributed by atoms with Gasteiger partial charge in [0, 0.05) is 18.1 Å². The first-order chi connectivity index (χ1) is 10.1. The third-order valence-corrected chi connectivity index (χ3v) is 5.27. The van der Waals surface area contributed by atoms with Crippen LogP contribution in [0.1, 0.15) is 44.6 Å². The topological polar surface area (TPSA) is 38.5 Å². The Morgan fingerprint density at radius 3 is 2.38 bits per heavy atom. The molecule has 0 aromatic heterocycles. The van der Waals surface area contributed by atoms with Crippen LogP contribution in [0.5, 0.6) is 5.75 Å². The Morgan fingerprint density at radius 2 is 1.86 bits per heavy atom. The molecule has 1 atom stereocenters. The number of hydrogen-bond donors (Lipinski definition) is 1. The van der Waals surface area contributed by atoms with Crippen molar-refractivity contribution in [3.05, 3.63) is 29.8 Å². The van der Waals surface area contributed by atoms with Gasteiger partial charge in [0.15, 0.2) is 0 Å². The third kappa shape index (κ3) is 3.98. The van der Waals surface area contributed by atoms with Crippen LogP contribution in [0.15, 0.2) is 24.3 Å². The van der Waals surface area contributed by atoms with Crippen molar-refractivity contribution in [3.63, 3.8) is 0 Å². The number of ether oxygens (including phenoxy) is 1. The normalized spacial score (nSPS) is 18.9. The second kappa shape index (κ2) is 7.28. The Kier molecular flexibility index (Phi) is 5.65. The van der Waals surface area contributed by atoms with Crippen LogP contribution < -0.4 is 10.5 Å². The van der Waals surface area contributed by atoms with Gasteiger partial charge in [-0.3, -0.25) is 4.90 Å².